The number of ether oxygens (including phenoxy) is 3. The minimum absolute atomic E-state index is 0.0129. The van der Waals surface area contributed by atoms with Crippen LogP contribution in [-0.2, 0) is 6.61 Å². The van der Waals surface area contributed by atoms with Gasteiger partial charge in [-0.3, -0.25) is 0 Å². The Kier molecular flexibility index (Phi) is 7.07. The lowest BCUT2D eigenvalue weighted by molar-refractivity contribution is 0.0702. The number of nitriles is 1. The van der Waals surface area contributed by atoms with Crippen LogP contribution in [0.3, 0.4) is 0 Å². The third-order valence-electron chi connectivity index (χ3n) is 7.24. The summed E-state index contributed by atoms with van der Waals surface area (Å²) >= 11 is 6.24. The molecule has 42 heavy (non-hydrogen) atoms. The van der Waals surface area contributed by atoms with Gasteiger partial charge in [-0.1, -0.05) is 59.6 Å². The molecule has 2 N–H and O–H groups in total. The van der Waals surface area contributed by atoms with Gasteiger partial charge in [0.15, 0.2) is 0 Å². The number of halogens is 1. The Morgan fingerprint density at radius 2 is 1.76 bits per heavy atom. The Labute approximate surface area is 247 Å². The maximum atomic E-state index is 13.0. The maximum Gasteiger partial charge on any atom is 0.379 e. The molecule has 0 saturated carbocycles. The van der Waals surface area contributed by atoms with E-state index in [9.17, 15) is 10.1 Å². The number of allylic oxidation sites excluding steroid dienone is 1. The van der Waals surface area contributed by atoms with E-state index in [0.29, 0.717) is 39.8 Å². The van der Waals surface area contributed by atoms with Crippen molar-refractivity contribution in [1.29, 1.82) is 5.26 Å². The minimum Gasteiger partial charge on any atom is -0.489 e. The van der Waals surface area contributed by atoms with E-state index in [1.807, 2.05) is 80.6 Å². The molecule has 7 nitrogen and oxygen atoms in total. The first-order valence-corrected chi connectivity index (χ1v) is 13.6. The van der Waals surface area contributed by atoms with E-state index in [2.05, 4.69) is 6.07 Å². The molecule has 8 heteroatoms. The lowest BCUT2D eigenvalue weighted by atomic mass is 9.83. The minimum atomic E-state index is -0.623. The van der Waals surface area contributed by atoms with Crippen molar-refractivity contribution in [3.05, 3.63) is 135 Å². The number of aryl methyl sites for hydroxylation is 2. The first kappa shape index (κ1) is 27.0. The van der Waals surface area contributed by atoms with Gasteiger partial charge >= 0.3 is 5.97 Å². The van der Waals surface area contributed by atoms with Gasteiger partial charge in [0.25, 0.3) is 0 Å². The molecule has 4 aromatic carbocycles. The van der Waals surface area contributed by atoms with Crippen LogP contribution >= 0.6 is 11.6 Å². The summed E-state index contributed by atoms with van der Waals surface area (Å²) in [6, 6.07) is 27.9. The molecule has 0 saturated heterocycles. The third kappa shape index (κ3) is 5.05. The van der Waals surface area contributed by atoms with Gasteiger partial charge in [-0.15, -0.1) is 0 Å². The SMILES string of the molecule is Cc1ccc2oc(C(=O)Oc3ccc4c(c3)OC(N)=C(C#N)C4c3ccc(OCc4ccccc4Cl)cc3)c(C)c2c1. The number of benzene rings is 4. The Morgan fingerprint density at radius 3 is 2.52 bits per heavy atom. The molecule has 0 amide bonds. The molecule has 1 aromatic heterocycles. The van der Waals surface area contributed by atoms with Gasteiger partial charge in [0.2, 0.25) is 11.6 Å². The summed E-state index contributed by atoms with van der Waals surface area (Å²) in [6.45, 7) is 4.13. The Balaban J connectivity index is 1.25. The number of furan rings is 1. The van der Waals surface area contributed by atoms with Gasteiger partial charge in [0.05, 0.1) is 5.92 Å². The molecule has 0 bridgehead atoms. The van der Waals surface area contributed by atoms with E-state index < -0.39 is 11.9 Å². The highest BCUT2D eigenvalue weighted by atomic mass is 35.5. The molecule has 5 aromatic rings. The van der Waals surface area contributed by atoms with Crippen LogP contribution in [-0.4, -0.2) is 5.97 Å². The van der Waals surface area contributed by atoms with Crippen molar-refractivity contribution in [3.8, 4) is 23.3 Å². The van der Waals surface area contributed by atoms with Crippen LogP contribution < -0.4 is 19.9 Å². The van der Waals surface area contributed by atoms with Gasteiger partial charge in [0.1, 0.15) is 41.1 Å². The van der Waals surface area contributed by atoms with Crippen LogP contribution in [0.15, 0.2) is 101 Å². The molecule has 0 spiro atoms. The van der Waals surface area contributed by atoms with Crippen LogP contribution in [0.5, 0.6) is 17.2 Å². The van der Waals surface area contributed by atoms with Crippen LogP contribution in [0.1, 0.15) is 44.3 Å². The highest BCUT2D eigenvalue weighted by Gasteiger charge is 2.31. The molecule has 6 rings (SSSR count). The number of nitrogens with zero attached hydrogens (tertiary/aromatic N) is 1. The van der Waals surface area contributed by atoms with Crippen molar-refractivity contribution >= 4 is 28.5 Å². The van der Waals surface area contributed by atoms with Crippen molar-refractivity contribution in [2.45, 2.75) is 26.4 Å². The zero-order chi connectivity index (χ0) is 29.4. The average Bonchev–Trinajstić information content (AvgIpc) is 3.31. The van der Waals surface area contributed by atoms with Crippen LogP contribution in [0.4, 0.5) is 0 Å². The van der Waals surface area contributed by atoms with Crippen LogP contribution in [0.2, 0.25) is 5.02 Å². The highest BCUT2D eigenvalue weighted by Crippen LogP contribution is 2.44. The normalized spacial score (nSPS) is 14.2. The smallest absolute Gasteiger partial charge is 0.379 e. The molecule has 1 aliphatic heterocycles. The second kappa shape index (κ2) is 11.0. The molecule has 1 aliphatic rings. The van der Waals surface area contributed by atoms with E-state index in [4.69, 9.17) is 36.0 Å². The lowest BCUT2D eigenvalue weighted by Gasteiger charge is -2.26. The fourth-order valence-corrected chi connectivity index (χ4v) is 5.25. The van der Waals surface area contributed by atoms with Crippen LogP contribution in [0.25, 0.3) is 11.0 Å². The maximum absolute atomic E-state index is 13.0. The van der Waals surface area contributed by atoms with Gasteiger partial charge in [-0.05, 0) is 55.8 Å². The summed E-state index contributed by atoms with van der Waals surface area (Å²) < 4.78 is 23.2. The largest absolute Gasteiger partial charge is 0.489 e. The lowest BCUT2D eigenvalue weighted by Crippen LogP contribution is -2.21. The second-order valence-electron chi connectivity index (χ2n) is 10.0. The Hall–Kier alpha value is -5.19. The molecule has 0 fully saturated rings. The van der Waals surface area contributed by atoms with Crippen molar-refractivity contribution in [3.63, 3.8) is 0 Å². The topological polar surface area (TPSA) is 108 Å². The van der Waals surface area contributed by atoms with Crippen LogP contribution in [0, 0.1) is 25.2 Å². The summed E-state index contributed by atoms with van der Waals surface area (Å²) in [4.78, 5) is 13.0. The van der Waals surface area contributed by atoms with E-state index >= 15 is 0 Å². The number of carbonyl (C=O) groups excluding carboxylic acids is 1. The second-order valence-corrected chi connectivity index (χ2v) is 10.4. The predicted octanol–water partition coefficient (Wildman–Crippen LogP) is 7.72. The molecular formula is C34H25ClN2O5. The number of hydrogen-bond donors (Lipinski definition) is 1. The zero-order valence-electron chi connectivity index (χ0n) is 22.8. The van der Waals surface area contributed by atoms with Crippen molar-refractivity contribution in [1.82, 2.24) is 0 Å². The van der Waals surface area contributed by atoms with Crippen molar-refractivity contribution < 1.29 is 23.4 Å². The standard InChI is InChI=1S/C34H25ClN2O5/c1-19-7-14-29-26(15-19)20(2)32(41-29)34(38)40-24-12-13-25-30(16-24)42-33(37)27(17-36)31(25)21-8-10-23(11-9-21)39-18-22-5-3-4-6-28(22)35/h3-16,31H,18,37H2,1-2H3. The van der Waals surface area contributed by atoms with E-state index in [1.54, 1.807) is 18.2 Å². The van der Waals surface area contributed by atoms with Gasteiger partial charge in [-0.2, -0.15) is 5.26 Å². The molecule has 1 atom stereocenters. The third-order valence-corrected chi connectivity index (χ3v) is 7.61. The monoisotopic (exact) mass is 576 g/mol. The molecule has 208 valence electrons. The Morgan fingerprint density at radius 1 is 1.00 bits per heavy atom. The number of fused-ring (bicyclic) bond motifs is 2. The van der Waals surface area contributed by atoms with E-state index in [-0.39, 0.29) is 23.0 Å². The molecule has 1 unspecified atom stereocenters. The molecular weight excluding hydrogens is 552 g/mol. The number of nitrogens with two attached hydrogens (primary N) is 1. The number of esters is 1. The summed E-state index contributed by atoms with van der Waals surface area (Å²) in [7, 11) is 0. The number of carbonyl (C=O) groups is 1. The predicted molar refractivity (Wildman–Crippen MR) is 159 cm³/mol. The first-order chi connectivity index (χ1) is 20.3. The van der Waals surface area contributed by atoms with Crippen molar-refractivity contribution in [2.75, 3.05) is 0 Å². The first-order valence-electron chi connectivity index (χ1n) is 13.2. The molecule has 0 radical (unpaired) electrons. The number of hydrogen-bond acceptors (Lipinski definition) is 7. The summed E-state index contributed by atoms with van der Waals surface area (Å²) in [6.07, 6.45) is 0. The summed E-state index contributed by atoms with van der Waals surface area (Å²) in [5, 5.41) is 11.4. The fraction of sp³-hybridized carbons (Fsp3) is 0.118. The van der Waals surface area contributed by atoms with Crippen molar-refractivity contribution in [2.24, 2.45) is 5.73 Å². The summed E-state index contributed by atoms with van der Waals surface area (Å²) in [5.74, 6) is 0.308. The molecule has 0 aliphatic carbocycles. The average molecular weight is 577 g/mol. The quantitative estimate of drug-likeness (QED) is 0.163. The zero-order valence-corrected chi connectivity index (χ0v) is 23.6. The fourth-order valence-electron chi connectivity index (χ4n) is 5.06. The Bertz CT molecular complexity index is 1920. The van der Waals surface area contributed by atoms with Gasteiger partial charge in [0, 0.05) is 33.2 Å². The summed E-state index contributed by atoms with van der Waals surface area (Å²) in [5.41, 5.74) is 11.3. The molecule has 2 heterocycles. The van der Waals surface area contributed by atoms with E-state index in [0.717, 1.165) is 22.1 Å². The van der Waals surface area contributed by atoms with Gasteiger partial charge in [-0.25, -0.2) is 4.79 Å². The highest BCUT2D eigenvalue weighted by molar-refractivity contribution is 6.31. The van der Waals surface area contributed by atoms with E-state index in [1.165, 1.54) is 0 Å². The number of rotatable bonds is 6. The van der Waals surface area contributed by atoms with Gasteiger partial charge < -0.3 is 24.4 Å².